The normalized spacial score (nSPS) is 17.1. The Bertz CT molecular complexity index is 1510. The van der Waals surface area contributed by atoms with Crippen molar-refractivity contribution in [3.05, 3.63) is 156 Å². The number of rotatable bonds is 4. The third-order valence-electron chi connectivity index (χ3n) is 7.91. The number of benzene rings is 4. The highest BCUT2D eigenvalue weighted by Crippen LogP contribution is 2.36. The first-order valence-corrected chi connectivity index (χ1v) is 13.9. The summed E-state index contributed by atoms with van der Waals surface area (Å²) in [4.78, 5) is 27.5. The van der Waals surface area contributed by atoms with E-state index in [4.69, 9.17) is 0 Å². The van der Waals surface area contributed by atoms with Crippen molar-refractivity contribution >= 4 is 11.8 Å². The first kappa shape index (κ1) is 28.4. The van der Waals surface area contributed by atoms with Crippen LogP contribution in [-0.4, -0.2) is 44.9 Å². The first-order chi connectivity index (χ1) is 20.4. The molecule has 2 aliphatic rings. The monoisotopic (exact) mass is 558 g/mol. The zero-order chi connectivity index (χ0) is 29.6. The quantitative estimate of drug-likeness (QED) is 0.297. The minimum Gasteiger partial charge on any atom is -0.508 e. The maximum absolute atomic E-state index is 12.0. The molecule has 0 fully saturated rings. The predicted octanol–water partition coefficient (Wildman–Crippen LogP) is 6.10. The van der Waals surface area contributed by atoms with E-state index in [-0.39, 0.29) is 35.1 Å². The molecule has 2 aliphatic heterocycles. The highest BCUT2D eigenvalue weighted by Gasteiger charge is 2.29. The summed E-state index contributed by atoms with van der Waals surface area (Å²) in [5.41, 5.74) is 6.76. The van der Waals surface area contributed by atoms with Crippen molar-refractivity contribution in [2.45, 2.75) is 24.9 Å². The zero-order valence-corrected chi connectivity index (χ0v) is 23.4. The molecule has 0 spiro atoms. The smallest absolute Gasteiger partial charge is 0.246 e. The number of hydrogen-bond donors (Lipinski definition) is 2. The fraction of sp³-hybridized carbons (Fsp3) is 0.167. The zero-order valence-electron chi connectivity index (χ0n) is 23.4. The summed E-state index contributed by atoms with van der Waals surface area (Å²) in [6, 6.07) is 30.8. The Balaban J connectivity index is 0.000000168. The van der Waals surface area contributed by atoms with Crippen LogP contribution in [-0.2, 0) is 22.7 Å². The molecule has 212 valence electrons. The predicted molar refractivity (Wildman–Crippen MR) is 164 cm³/mol. The van der Waals surface area contributed by atoms with Crippen LogP contribution in [0.1, 0.15) is 45.2 Å². The number of carbonyl (C=O) groups is 2. The molecule has 6 rings (SSSR count). The van der Waals surface area contributed by atoms with Crippen molar-refractivity contribution in [2.24, 2.45) is 0 Å². The van der Waals surface area contributed by atoms with E-state index < -0.39 is 0 Å². The Kier molecular flexibility index (Phi) is 8.53. The van der Waals surface area contributed by atoms with Crippen molar-refractivity contribution in [1.29, 1.82) is 0 Å². The van der Waals surface area contributed by atoms with Crippen LogP contribution >= 0.6 is 0 Å². The third kappa shape index (κ3) is 6.13. The van der Waals surface area contributed by atoms with Crippen LogP contribution in [0.3, 0.4) is 0 Å². The number of amides is 2. The second-order valence-corrected chi connectivity index (χ2v) is 10.5. The molecule has 4 aromatic rings. The average molecular weight is 559 g/mol. The van der Waals surface area contributed by atoms with Crippen LogP contribution < -0.4 is 0 Å². The van der Waals surface area contributed by atoms with Gasteiger partial charge in [0.25, 0.3) is 0 Å². The first-order valence-electron chi connectivity index (χ1n) is 13.9. The highest BCUT2D eigenvalue weighted by molar-refractivity contribution is 5.87. The topological polar surface area (TPSA) is 81.1 Å². The van der Waals surface area contributed by atoms with Crippen LogP contribution in [0.25, 0.3) is 0 Å². The molecule has 0 bridgehead atoms. The Morgan fingerprint density at radius 2 is 1.02 bits per heavy atom. The number of phenolic OH excluding ortho intramolecular Hbond substituents is 2. The maximum atomic E-state index is 12.0. The number of aromatic hydroxyl groups is 2. The van der Waals surface area contributed by atoms with Gasteiger partial charge in [0.1, 0.15) is 11.5 Å². The van der Waals surface area contributed by atoms with E-state index in [0.29, 0.717) is 26.2 Å². The minimum atomic E-state index is -0.0605. The number of fused-ring (bicyclic) bond motifs is 2. The molecular formula is C36H34N2O4. The Labute approximate surface area is 246 Å². The summed E-state index contributed by atoms with van der Waals surface area (Å²) in [5.74, 6) is 0.524. The molecular weight excluding hydrogens is 524 g/mol. The van der Waals surface area contributed by atoms with Crippen LogP contribution in [0.5, 0.6) is 11.5 Å². The number of hydrogen-bond acceptors (Lipinski definition) is 4. The van der Waals surface area contributed by atoms with Gasteiger partial charge in [-0.3, -0.25) is 9.59 Å². The molecule has 6 heteroatoms. The van der Waals surface area contributed by atoms with Crippen LogP contribution in [0.2, 0.25) is 0 Å². The van der Waals surface area contributed by atoms with Gasteiger partial charge in [-0.25, -0.2) is 0 Å². The second kappa shape index (κ2) is 12.6. The summed E-state index contributed by atoms with van der Waals surface area (Å²) >= 11 is 0. The molecule has 0 aromatic heterocycles. The fourth-order valence-corrected chi connectivity index (χ4v) is 5.86. The van der Waals surface area contributed by atoms with E-state index in [1.807, 2.05) is 60.7 Å². The Morgan fingerprint density at radius 1 is 0.619 bits per heavy atom. The summed E-state index contributed by atoms with van der Waals surface area (Å²) in [5, 5.41) is 19.4. The van der Waals surface area contributed by atoms with E-state index in [1.165, 1.54) is 23.3 Å². The molecule has 0 aliphatic carbocycles. The SMILES string of the molecule is C=CC(=O)N1Cc2ccccc2[C@@H](c2cccc(O)c2)C1.C=CC(=O)N1Cc2ccccc2[C@H](c2cccc(O)c2)C1. The fourth-order valence-electron chi connectivity index (χ4n) is 5.86. The molecule has 0 saturated heterocycles. The van der Waals surface area contributed by atoms with Crippen molar-refractivity contribution in [3.63, 3.8) is 0 Å². The maximum Gasteiger partial charge on any atom is 0.246 e. The molecule has 2 heterocycles. The summed E-state index contributed by atoms with van der Waals surface area (Å²) in [6.45, 7) is 9.56. The number of nitrogens with zero attached hydrogens (tertiary/aromatic N) is 2. The molecule has 0 saturated carbocycles. The van der Waals surface area contributed by atoms with Gasteiger partial charge in [0, 0.05) is 38.0 Å². The lowest BCUT2D eigenvalue weighted by Crippen LogP contribution is -2.37. The van der Waals surface area contributed by atoms with E-state index in [0.717, 1.165) is 22.3 Å². The molecule has 2 N–H and O–H groups in total. The van der Waals surface area contributed by atoms with Gasteiger partial charge in [0.2, 0.25) is 11.8 Å². The van der Waals surface area contributed by atoms with Crippen molar-refractivity contribution in [1.82, 2.24) is 9.80 Å². The minimum absolute atomic E-state index is 0.0605. The van der Waals surface area contributed by atoms with Crippen molar-refractivity contribution < 1.29 is 19.8 Å². The third-order valence-corrected chi connectivity index (χ3v) is 7.91. The summed E-state index contributed by atoms with van der Waals surface area (Å²) in [7, 11) is 0. The number of phenols is 2. The lowest BCUT2D eigenvalue weighted by molar-refractivity contribution is -0.127. The van der Waals surface area contributed by atoms with Crippen LogP contribution in [0, 0.1) is 0 Å². The lowest BCUT2D eigenvalue weighted by atomic mass is 9.84. The number of carbonyl (C=O) groups excluding carboxylic acids is 2. The van der Waals surface area contributed by atoms with E-state index in [1.54, 1.807) is 34.1 Å². The van der Waals surface area contributed by atoms with Gasteiger partial charge in [0.15, 0.2) is 0 Å². The van der Waals surface area contributed by atoms with Gasteiger partial charge in [-0.15, -0.1) is 0 Å². The Hall–Kier alpha value is -5.10. The van der Waals surface area contributed by atoms with Gasteiger partial charge in [0.05, 0.1) is 0 Å². The van der Waals surface area contributed by atoms with E-state index in [9.17, 15) is 19.8 Å². The molecule has 6 nitrogen and oxygen atoms in total. The van der Waals surface area contributed by atoms with Crippen molar-refractivity contribution in [3.8, 4) is 11.5 Å². The largest absolute Gasteiger partial charge is 0.508 e. The highest BCUT2D eigenvalue weighted by atomic mass is 16.3. The van der Waals surface area contributed by atoms with Gasteiger partial charge < -0.3 is 20.0 Å². The van der Waals surface area contributed by atoms with Gasteiger partial charge in [-0.2, -0.15) is 0 Å². The molecule has 4 aromatic carbocycles. The summed E-state index contributed by atoms with van der Waals surface area (Å²) in [6.07, 6.45) is 2.71. The summed E-state index contributed by atoms with van der Waals surface area (Å²) < 4.78 is 0. The van der Waals surface area contributed by atoms with Crippen LogP contribution in [0.4, 0.5) is 0 Å². The van der Waals surface area contributed by atoms with Gasteiger partial charge in [-0.1, -0.05) is 86.0 Å². The van der Waals surface area contributed by atoms with Crippen LogP contribution in [0.15, 0.2) is 122 Å². The molecule has 0 radical (unpaired) electrons. The van der Waals surface area contributed by atoms with E-state index in [2.05, 4.69) is 25.3 Å². The molecule has 2 atom stereocenters. The standard InChI is InChI=1S/2C18H17NO2/c2*1-2-18(21)19-11-14-6-3-4-9-16(14)17(12-19)13-7-5-8-15(20)10-13/h2*2-10,17,20H,1,11-12H2/t2*17-/m10/s1. The molecule has 2 amide bonds. The second-order valence-electron chi connectivity index (χ2n) is 10.5. The molecule has 0 unspecified atom stereocenters. The lowest BCUT2D eigenvalue weighted by Gasteiger charge is -2.34. The van der Waals surface area contributed by atoms with Gasteiger partial charge in [-0.05, 0) is 69.8 Å². The average Bonchev–Trinajstić information content (AvgIpc) is 3.03. The molecule has 42 heavy (non-hydrogen) atoms. The van der Waals surface area contributed by atoms with E-state index >= 15 is 0 Å². The Morgan fingerprint density at radius 3 is 1.40 bits per heavy atom. The van der Waals surface area contributed by atoms with Crippen molar-refractivity contribution in [2.75, 3.05) is 13.1 Å². The van der Waals surface area contributed by atoms with Gasteiger partial charge >= 0.3 is 0 Å².